The van der Waals surface area contributed by atoms with Crippen molar-refractivity contribution in [3.8, 4) is 11.5 Å². The number of nitrogens with zero attached hydrogens (tertiary/aromatic N) is 1. The van der Waals surface area contributed by atoms with Crippen LogP contribution in [0.4, 0.5) is 5.69 Å². The summed E-state index contributed by atoms with van der Waals surface area (Å²) in [6.07, 6.45) is 1.78. The minimum Gasteiger partial charge on any atom is -0.497 e. The first-order valence-corrected chi connectivity index (χ1v) is 8.49. The molecule has 0 aliphatic carbocycles. The van der Waals surface area contributed by atoms with Crippen molar-refractivity contribution < 1.29 is 14.3 Å². The molecule has 1 heterocycles. The first kappa shape index (κ1) is 17.1. The molecular weight excluding hydrogens is 336 g/mol. The van der Waals surface area contributed by atoms with E-state index in [1.807, 2.05) is 49.4 Å². The Balaban J connectivity index is 1.87. The van der Waals surface area contributed by atoms with Gasteiger partial charge in [0.2, 0.25) is 0 Å². The molecule has 5 nitrogen and oxygen atoms in total. The number of aliphatic imine (C=N–C) groups is 1. The van der Waals surface area contributed by atoms with Gasteiger partial charge in [0, 0.05) is 5.56 Å². The predicted octanol–water partition coefficient (Wildman–Crippen LogP) is 3.90. The first-order chi connectivity index (χ1) is 12.1. The molecule has 1 N–H and O–H groups in total. The summed E-state index contributed by atoms with van der Waals surface area (Å²) < 4.78 is 10.6. The number of hydrogen-bond acceptors (Lipinski definition) is 5. The maximum absolute atomic E-state index is 12.2. The lowest BCUT2D eigenvalue weighted by molar-refractivity contribution is -0.115. The molecule has 6 heteroatoms. The van der Waals surface area contributed by atoms with Crippen molar-refractivity contribution >= 4 is 34.6 Å². The molecule has 1 fully saturated rings. The number of carbonyl (C=O) groups excluding carboxylic acids is 1. The largest absolute Gasteiger partial charge is 0.497 e. The van der Waals surface area contributed by atoms with Gasteiger partial charge in [-0.2, -0.15) is 0 Å². The molecule has 0 bridgehead atoms. The van der Waals surface area contributed by atoms with E-state index in [4.69, 9.17) is 9.47 Å². The number of amides is 1. The molecular formula is C19H18N2O3S. The minimum atomic E-state index is -0.180. The summed E-state index contributed by atoms with van der Waals surface area (Å²) in [5.74, 6) is 1.19. The highest BCUT2D eigenvalue weighted by Gasteiger charge is 2.24. The number of rotatable bonds is 4. The SMILES string of the molecule is COc1ccc(OC)c(C=C2SC(=Nc3ccc(C)cc3)NC2=O)c1. The van der Waals surface area contributed by atoms with E-state index < -0.39 is 0 Å². The van der Waals surface area contributed by atoms with Gasteiger partial charge in [-0.1, -0.05) is 17.7 Å². The van der Waals surface area contributed by atoms with Gasteiger partial charge in [-0.15, -0.1) is 0 Å². The third-order valence-electron chi connectivity index (χ3n) is 3.64. The van der Waals surface area contributed by atoms with Gasteiger partial charge in [-0.25, -0.2) is 4.99 Å². The number of amidine groups is 1. The molecule has 0 saturated carbocycles. The highest BCUT2D eigenvalue weighted by molar-refractivity contribution is 8.18. The molecule has 0 unspecified atom stereocenters. The highest BCUT2D eigenvalue weighted by atomic mass is 32.2. The Morgan fingerprint density at radius 1 is 1.08 bits per heavy atom. The summed E-state index contributed by atoms with van der Waals surface area (Å²) >= 11 is 1.30. The van der Waals surface area contributed by atoms with Crippen LogP contribution in [0.5, 0.6) is 11.5 Å². The van der Waals surface area contributed by atoms with Crippen molar-refractivity contribution in [2.24, 2.45) is 4.99 Å². The molecule has 0 aromatic heterocycles. The van der Waals surface area contributed by atoms with Crippen LogP contribution < -0.4 is 14.8 Å². The van der Waals surface area contributed by atoms with Crippen LogP contribution in [0.25, 0.3) is 6.08 Å². The Kier molecular flexibility index (Phi) is 5.09. The van der Waals surface area contributed by atoms with Crippen molar-refractivity contribution in [1.82, 2.24) is 5.32 Å². The van der Waals surface area contributed by atoms with Crippen LogP contribution in [-0.4, -0.2) is 25.3 Å². The van der Waals surface area contributed by atoms with E-state index >= 15 is 0 Å². The fourth-order valence-corrected chi connectivity index (χ4v) is 3.14. The number of aryl methyl sites for hydroxylation is 1. The van der Waals surface area contributed by atoms with Gasteiger partial charge >= 0.3 is 0 Å². The third kappa shape index (κ3) is 4.03. The van der Waals surface area contributed by atoms with Crippen molar-refractivity contribution in [2.75, 3.05) is 14.2 Å². The van der Waals surface area contributed by atoms with Gasteiger partial charge < -0.3 is 14.8 Å². The van der Waals surface area contributed by atoms with Crippen molar-refractivity contribution in [3.05, 3.63) is 58.5 Å². The molecule has 2 aromatic carbocycles. The fourth-order valence-electron chi connectivity index (χ4n) is 2.31. The van der Waals surface area contributed by atoms with Crippen LogP contribution in [0.1, 0.15) is 11.1 Å². The Bertz CT molecular complexity index is 857. The zero-order valence-corrected chi connectivity index (χ0v) is 15.0. The predicted molar refractivity (Wildman–Crippen MR) is 102 cm³/mol. The monoisotopic (exact) mass is 354 g/mol. The van der Waals surface area contributed by atoms with Crippen LogP contribution in [0.2, 0.25) is 0 Å². The fraction of sp³-hybridized carbons (Fsp3) is 0.158. The van der Waals surface area contributed by atoms with E-state index in [9.17, 15) is 4.79 Å². The van der Waals surface area contributed by atoms with Crippen molar-refractivity contribution in [2.45, 2.75) is 6.92 Å². The maximum Gasteiger partial charge on any atom is 0.264 e. The van der Waals surface area contributed by atoms with Gasteiger partial charge in [0.05, 0.1) is 24.8 Å². The normalized spacial score (nSPS) is 17.0. The third-order valence-corrected chi connectivity index (χ3v) is 4.55. The van der Waals surface area contributed by atoms with Crippen LogP contribution in [0.15, 0.2) is 52.4 Å². The lowest BCUT2D eigenvalue weighted by atomic mass is 10.1. The van der Waals surface area contributed by atoms with E-state index in [1.54, 1.807) is 20.3 Å². The van der Waals surface area contributed by atoms with Crippen LogP contribution in [0.3, 0.4) is 0 Å². The second kappa shape index (κ2) is 7.44. The van der Waals surface area contributed by atoms with Gasteiger partial charge in [-0.3, -0.25) is 4.79 Å². The standard InChI is InChI=1S/C19H18N2O3S/c1-12-4-6-14(7-5-12)20-19-21-18(22)17(25-19)11-13-10-15(23-2)8-9-16(13)24-3/h4-11H,1-3H3,(H,20,21,22). The second-order valence-electron chi connectivity index (χ2n) is 5.43. The molecule has 0 spiro atoms. The van der Waals surface area contributed by atoms with Gasteiger partial charge in [0.1, 0.15) is 11.5 Å². The topological polar surface area (TPSA) is 59.9 Å². The summed E-state index contributed by atoms with van der Waals surface area (Å²) in [6, 6.07) is 13.3. The first-order valence-electron chi connectivity index (χ1n) is 7.67. The highest BCUT2D eigenvalue weighted by Crippen LogP contribution is 2.32. The molecule has 3 rings (SSSR count). The van der Waals surface area contributed by atoms with E-state index in [1.165, 1.54) is 11.8 Å². The van der Waals surface area contributed by atoms with Crippen LogP contribution in [-0.2, 0) is 4.79 Å². The van der Waals surface area contributed by atoms with E-state index in [0.29, 0.717) is 21.6 Å². The number of benzene rings is 2. The molecule has 128 valence electrons. The Labute approximate surface area is 150 Å². The Morgan fingerprint density at radius 3 is 2.52 bits per heavy atom. The molecule has 1 aliphatic rings. The van der Waals surface area contributed by atoms with Gasteiger partial charge in [-0.05, 0) is 55.1 Å². The van der Waals surface area contributed by atoms with Crippen molar-refractivity contribution in [1.29, 1.82) is 0 Å². The molecule has 2 aromatic rings. The van der Waals surface area contributed by atoms with E-state index in [-0.39, 0.29) is 5.91 Å². The van der Waals surface area contributed by atoms with Gasteiger partial charge in [0.15, 0.2) is 5.17 Å². The average molecular weight is 354 g/mol. The average Bonchev–Trinajstić information content (AvgIpc) is 2.96. The van der Waals surface area contributed by atoms with E-state index in [2.05, 4.69) is 10.3 Å². The lowest BCUT2D eigenvalue weighted by Crippen LogP contribution is -2.19. The molecule has 1 amide bonds. The summed E-state index contributed by atoms with van der Waals surface area (Å²) in [7, 11) is 3.19. The van der Waals surface area contributed by atoms with Gasteiger partial charge in [0.25, 0.3) is 5.91 Å². The number of nitrogens with one attached hydrogen (secondary N) is 1. The Morgan fingerprint density at radius 2 is 1.84 bits per heavy atom. The molecule has 25 heavy (non-hydrogen) atoms. The molecule has 1 saturated heterocycles. The van der Waals surface area contributed by atoms with E-state index in [0.717, 1.165) is 16.8 Å². The number of carbonyl (C=O) groups is 1. The quantitative estimate of drug-likeness (QED) is 0.846. The van der Waals surface area contributed by atoms with Crippen LogP contribution >= 0.6 is 11.8 Å². The zero-order valence-electron chi connectivity index (χ0n) is 14.2. The number of methoxy groups -OCH3 is 2. The second-order valence-corrected chi connectivity index (χ2v) is 6.46. The summed E-state index contributed by atoms with van der Waals surface area (Å²) in [6.45, 7) is 2.02. The van der Waals surface area contributed by atoms with Crippen molar-refractivity contribution in [3.63, 3.8) is 0 Å². The number of thioether (sulfide) groups is 1. The Hall–Kier alpha value is -2.73. The summed E-state index contributed by atoms with van der Waals surface area (Å²) in [5, 5.41) is 3.34. The van der Waals surface area contributed by atoms with Crippen LogP contribution in [0, 0.1) is 6.92 Å². The maximum atomic E-state index is 12.2. The molecule has 0 radical (unpaired) electrons. The molecule has 0 atom stereocenters. The summed E-state index contributed by atoms with van der Waals surface area (Å²) in [5.41, 5.74) is 2.74. The minimum absolute atomic E-state index is 0.180. The number of ether oxygens (including phenoxy) is 2. The summed E-state index contributed by atoms with van der Waals surface area (Å²) in [4.78, 5) is 17.3. The lowest BCUT2D eigenvalue weighted by Gasteiger charge is -2.07. The number of hydrogen-bond donors (Lipinski definition) is 1. The zero-order chi connectivity index (χ0) is 17.8. The smallest absolute Gasteiger partial charge is 0.264 e. The molecule has 1 aliphatic heterocycles.